The van der Waals surface area contributed by atoms with Crippen LogP contribution in [0.5, 0.6) is 0 Å². The van der Waals surface area contributed by atoms with Gasteiger partial charge in [0.15, 0.2) is 0 Å². The Labute approximate surface area is 106 Å². The smallest absolute Gasteiger partial charge is 0.250 e. The number of carbonyl (C=O) groups is 1. The molecule has 1 heterocycles. The highest BCUT2D eigenvalue weighted by molar-refractivity contribution is 5.90. The first-order chi connectivity index (χ1) is 8.56. The van der Waals surface area contributed by atoms with Crippen molar-refractivity contribution in [2.45, 2.75) is 31.7 Å². The molecule has 0 aliphatic heterocycles. The van der Waals surface area contributed by atoms with E-state index < -0.39 is 0 Å². The number of carbonyl (C=O) groups excluding carboxylic acids is 1. The van der Waals surface area contributed by atoms with Gasteiger partial charge in [-0.05, 0) is 24.8 Å². The number of rotatable bonds is 3. The van der Waals surface area contributed by atoms with Crippen LogP contribution < -0.4 is 16.6 Å². The Morgan fingerprint density at radius 2 is 2.28 bits per heavy atom. The van der Waals surface area contributed by atoms with Crippen LogP contribution in [0.4, 0.5) is 5.69 Å². The molecule has 0 unspecified atom stereocenters. The zero-order valence-electron chi connectivity index (χ0n) is 10.6. The van der Waals surface area contributed by atoms with Crippen LogP contribution in [0, 0.1) is 5.92 Å². The van der Waals surface area contributed by atoms with Crippen molar-refractivity contribution in [2.75, 3.05) is 5.32 Å². The van der Waals surface area contributed by atoms with E-state index in [-0.39, 0.29) is 23.4 Å². The second-order valence-corrected chi connectivity index (χ2v) is 4.97. The lowest BCUT2D eigenvalue weighted by Gasteiger charge is -2.14. The van der Waals surface area contributed by atoms with Crippen molar-refractivity contribution >= 4 is 11.6 Å². The first kappa shape index (κ1) is 12.8. The summed E-state index contributed by atoms with van der Waals surface area (Å²) in [6.07, 6.45) is 5.23. The number of pyridine rings is 1. The second-order valence-electron chi connectivity index (χ2n) is 4.97. The van der Waals surface area contributed by atoms with Gasteiger partial charge in [-0.2, -0.15) is 0 Å². The average Bonchev–Trinajstić information content (AvgIpc) is 2.70. The highest BCUT2D eigenvalue weighted by Gasteiger charge is 2.25. The lowest BCUT2D eigenvalue weighted by atomic mass is 10.00. The molecule has 18 heavy (non-hydrogen) atoms. The van der Waals surface area contributed by atoms with E-state index in [1.807, 2.05) is 0 Å². The molecule has 0 aromatic carbocycles. The van der Waals surface area contributed by atoms with Gasteiger partial charge in [-0.1, -0.05) is 6.42 Å². The molecule has 1 saturated carbocycles. The predicted molar refractivity (Wildman–Crippen MR) is 70.2 cm³/mol. The van der Waals surface area contributed by atoms with Crippen molar-refractivity contribution in [3.63, 3.8) is 0 Å². The summed E-state index contributed by atoms with van der Waals surface area (Å²) in [4.78, 5) is 23.1. The van der Waals surface area contributed by atoms with Gasteiger partial charge in [-0.3, -0.25) is 9.59 Å². The summed E-state index contributed by atoms with van der Waals surface area (Å²) >= 11 is 0. The Bertz CT molecular complexity index is 495. The molecule has 98 valence electrons. The minimum atomic E-state index is -0.0918. The van der Waals surface area contributed by atoms with Crippen LogP contribution in [0.15, 0.2) is 23.1 Å². The number of amides is 1. The summed E-state index contributed by atoms with van der Waals surface area (Å²) in [5.41, 5.74) is 6.49. The van der Waals surface area contributed by atoms with Crippen LogP contribution in [-0.4, -0.2) is 16.5 Å². The molecule has 2 atom stereocenters. The van der Waals surface area contributed by atoms with Crippen LogP contribution in [0.25, 0.3) is 0 Å². The average molecular weight is 249 g/mol. The normalized spacial score (nSPS) is 23.0. The second kappa shape index (κ2) is 5.35. The summed E-state index contributed by atoms with van der Waals surface area (Å²) in [6.45, 7) is 0. The molecule has 1 aliphatic carbocycles. The van der Waals surface area contributed by atoms with E-state index in [0.717, 1.165) is 19.3 Å². The van der Waals surface area contributed by atoms with Gasteiger partial charge in [0.05, 0.1) is 5.69 Å². The van der Waals surface area contributed by atoms with E-state index in [9.17, 15) is 9.59 Å². The van der Waals surface area contributed by atoms with Crippen molar-refractivity contribution in [3.8, 4) is 0 Å². The number of nitrogens with one attached hydrogen (secondary N) is 1. The predicted octanol–water partition coefficient (Wildman–Crippen LogP) is 0.841. The summed E-state index contributed by atoms with van der Waals surface area (Å²) in [5, 5.41) is 2.80. The van der Waals surface area contributed by atoms with Crippen LogP contribution in [0.1, 0.15) is 25.7 Å². The lowest BCUT2D eigenvalue weighted by Crippen LogP contribution is -2.28. The molecule has 1 aliphatic rings. The number of hydrogen-bond acceptors (Lipinski definition) is 3. The molecule has 0 bridgehead atoms. The largest absolute Gasteiger partial charge is 0.327 e. The van der Waals surface area contributed by atoms with E-state index in [1.54, 1.807) is 19.3 Å². The number of hydrogen-bond donors (Lipinski definition) is 2. The SMILES string of the molecule is Cn1cc(NC(=O)C[C@@H]2CCC[C@H]2N)ccc1=O. The lowest BCUT2D eigenvalue weighted by molar-refractivity contribution is -0.117. The molecule has 1 fully saturated rings. The molecule has 5 heteroatoms. The van der Waals surface area contributed by atoms with Gasteiger partial charge in [0, 0.05) is 31.8 Å². The van der Waals surface area contributed by atoms with E-state index in [2.05, 4.69) is 5.32 Å². The van der Waals surface area contributed by atoms with Gasteiger partial charge >= 0.3 is 0 Å². The standard InChI is InChI=1S/C13H19N3O2/c1-16-8-10(5-6-13(16)18)15-12(17)7-9-3-2-4-11(9)14/h5-6,8-9,11H,2-4,7,14H2,1H3,(H,15,17)/t9-,11+/m0/s1. The molecule has 1 amide bonds. The zero-order valence-corrected chi connectivity index (χ0v) is 10.6. The van der Waals surface area contributed by atoms with E-state index in [1.165, 1.54) is 10.6 Å². The molecule has 0 saturated heterocycles. The van der Waals surface area contributed by atoms with Gasteiger partial charge in [0.1, 0.15) is 0 Å². The van der Waals surface area contributed by atoms with Crippen LogP contribution in [-0.2, 0) is 11.8 Å². The van der Waals surface area contributed by atoms with Crippen molar-refractivity contribution in [1.82, 2.24) is 4.57 Å². The molecule has 2 rings (SSSR count). The maximum absolute atomic E-state index is 11.9. The topological polar surface area (TPSA) is 77.1 Å². The van der Waals surface area contributed by atoms with E-state index in [0.29, 0.717) is 12.1 Å². The quantitative estimate of drug-likeness (QED) is 0.833. The van der Waals surface area contributed by atoms with Crippen LogP contribution in [0.2, 0.25) is 0 Å². The summed E-state index contributed by atoms with van der Waals surface area (Å²) < 4.78 is 1.44. The number of anilines is 1. The molecule has 1 aromatic heterocycles. The van der Waals surface area contributed by atoms with Crippen LogP contribution in [0.3, 0.4) is 0 Å². The maximum atomic E-state index is 11.9. The van der Waals surface area contributed by atoms with Gasteiger partial charge in [0.2, 0.25) is 11.5 Å². The number of aromatic nitrogens is 1. The fraction of sp³-hybridized carbons (Fsp3) is 0.538. The molecule has 3 N–H and O–H groups in total. The Morgan fingerprint density at radius 1 is 1.50 bits per heavy atom. The number of aryl methyl sites for hydroxylation is 1. The molecular weight excluding hydrogens is 230 g/mol. The highest BCUT2D eigenvalue weighted by Crippen LogP contribution is 2.27. The number of nitrogens with zero attached hydrogens (tertiary/aromatic N) is 1. The summed E-state index contributed by atoms with van der Waals surface area (Å²) in [6, 6.07) is 3.21. The minimum absolute atomic E-state index is 0.0315. The van der Waals surface area contributed by atoms with Gasteiger partial charge in [-0.25, -0.2) is 0 Å². The first-order valence-electron chi connectivity index (χ1n) is 6.28. The highest BCUT2D eigenvalue weighted by atomic mass is 16.1. The molecule has 0 radical (unpaired) electrons. The fourth-order valence-corrected chi connectivity index (χ4v) is 2.44. The first-order valence-corrected chi connectivity index (χ1v) is 6.28. The van der Waals surface area contributed by atoms with Crippen molar-refractivity contribution in [3.05, 3.63) is 28.7 Å². The van der Waals surface area contributed by atoms with Crippen LogP contribution >= 0.6 is 0 Å². The van der Waals surface area contributed by atoms with Gasteiger partial charge in [0.25, 0.3) is 0 Å². The third kappa shape index (κ3) is 2.98. The fourth-order valence-electron chi connectivity index (χ4n) is 2.44. The monoisotopic (exact) mass is 249 g/mol. The van der Waals surface area contributed by atoms with Gasteiger partial charge in [-0.15, -0.1) is 0 Å². The molecule has 1 aromatic rings. The van der Waals surface area contributed by atoms with Crippen molar-refractivity contribution in [1.29, 1.82) is 0 Å². The number of nitrogens with two attached hydrogens (primary N) is 1. The zero-order chi connectivity index (χ0) is 13.1. The molecular formula is C13H19N3O2. The Hall–Kier alpha value is -1.62. The minimum Gasteiger partial charge on any atom is -0.327 e. The Balaban J connectivity index is 1.94. The Morgan fingerprint density at radius 3 is 2.89 bits per heavy atom. The third-order valence-electron chi connectivity index (χ3n) is 3.54. The van der Waals surface area contributed by atoms with Gasteiger partial charge < -0.3 is 15.6 Å². The van der Waals surface area contributed by atoms with Crippen molar-refractivity contribution < 1.29 is 4.79 Å². The Kier molecular flexibility index (Phi) is 3.81. The maximum Gasteiger partial charge on any atom is 0.250 e. The van der Waals surface area contributed by atoms with E-state index in [4.69, 9.17) is 5.73 Å². The molecule has 0 spiro atoms. The summed E-state index contributed by atoms with van der Waals surface area (Å²) in [5.74, 6) is 0.258. The van der Waals surface area contributed by atoms with Crippen molar-refractivity contribution in [2.24, 2.45) is 18.7 Å². The van der Waals surface area contributed by atoms with E-state index >= 15 is 0 Å². The molecule has 5 nitrogen and oxygen atoms in total. The third-order valence-corrected chi connectivity index (χ3v) is 3.54. The summed E-state index contributed by atoms with van der Waals surface area (Å²) in [7, 11) is 1.66.